The number of carbonyl (C=O) groups excluding carboxylic acids is 2. The first-order chi connectivity index (χ1) is 10.1. The fraction of sp³-hybridized carbons (Fsp3) is 0.0769. The first kappa shape index (κ1) is 13.7. The molecule has 3 rings (SSSR count). The van der Waals surface area contributed by atoms with E-state index in [2.05, 4.69) is 15.3 Å². The Kier molecular flexibility index (Phi) is 3.63. The topological polar surface area (TPSA) is 98.0 Å². The molecular weight excluding hydrogens is 308 g/mol. The molecule has 0 saturated carbocycles. The Morgan fingerprint density at radius 2 is 2.14 bits per heavy atom. The summed E-state index contributed by atoms with van der Waals surface area (Å²) < 4.78 is 0.955. The number of carbonyl (C=O) groups is 2. The molecule has 0 fully saturated rings. The molecule has 21 heavy (non-hydrogen) atoms. The van der Waals surface area contributed by atoms with Crippen LogP contribution in [-0.2, 0) is 11.2 Å². The zero-order chi connectivity index (χ0) is 14.8. The number of anilines is 1. The van der Waals surface area contributed by atoms with Gasteiger partial charge in [0, 0.05) is 10.9 Å². The van der Waals surface area contributed by atoms with Crippen LogP contribution in [0.3, 0.4) is 0 Å². The average molecular weight is 318 g/mol. The van der Waals surface area contributed by atoms with E-state index in [1.54, 1.807) is 29.1 Å². The lowest BCUT2D eigenvalue weighted by atomic mass is 10.2. The zero-order valence-corrected chi connectivity index (χ0v) is 12.3. The Hall–Kier alpha value is -2.32. The van der Waals surface area contributed by atoms with Gasteiger partial charge in [0.25, 0.3) is 5.91 Å². The molecule has 0 radical (unpaired) electrons. The second kappa shape index (κ2) is 5.58. The molecule has 6 nitrogen and oxygen atoms in total. The minimum absolute atomic E-state index is 0.0686. The molecular formula is C13H10N4O2S2. The summed E-state index contributed by atoms with van der Waals surface area (Å²) in [5.74, 6) is -0.695. The average Bonchev–Trinajstić information content (AvgIpc) is 3.06. The van der Waals surface area contributed by atoms with Crippen LogP contribution in [0.5, 0.6) is 0 Å². The van der Waals surface area contributed by atoms with Crippen molar-refractivity contribution in [1.29, 1.82) is 0 Å². The lowest BCUT2D eigenvalue weighted by Crippen LogP contribution is -2.14. The molecule has 0 unspecified atom stereocenters. The molecule has 2 amide bonds. The predicted molar refractivity (Wildman–Crippen MR) is 82.6 cm³/mol. The largest absolute Gasteiger partial charge is 0.369 e. The van der Waals surface area contributed by atoms with Crippen molar-refractivity contribution in [2.24, 2.45) is 5.73 Å². The van der Waals surface area contributed by atoms with E-state index < -0.39 is 5.91 Å². The number of nitrogens with two attached hydrogens (primary N) is 1. The number of benzene rings is 1. The SMILES string of the molecule is NC(=O)Cc1csc(NC(=O)c2ccc3ncsc3c2)n1. The van der Waals surface area contributed by atoms with Crippen molar-refractivity contribution in [3.05, 3.63) is 40.3 Å². The van der Waals surface area contributed by atoms with Crippen LogP contribution in [0.15, 0.2) is 29.1 Å². The number of aromatic nitrogens is 2. The van der Waals surface area contributed by atoms with Gasteiger partial charge in [-0.2, -0.15) is 0 Å². The first-order valence-corrected chi connectivity index (χ1v) is 7.75. The second-order valence-corrected chi connectivity index (χ2v) is 6.02. The Labute approximate surface area is 127 Å². The minimum atomic E-state index is -0.450. The smallest absolute Gasteiger partial charge is 0.257 e. The highest BCUT2D eigenvalue weighted by Crippen LogP contribution is 2.21. The highest BCUT2D eigenvalue weighted by atomic mass is 32.1. The summed E-state index contributed by atoms with van der Waals surface area (Å²) in [7, 11) is 0. The molecule has 2 heterocycles. The lowest BCUT2D eigenvalue weighted by molar-refractivity contribution is -0.117. The maximum absolute atomic E-state index is 12.2. The van der Waals surface area contributed by atoms with Crippen LogP contribution in [0.4, 0.5) is 5.13 Å². The molecule has 0 aliphatic carbocycles. The molecule has 3 aromatic rings. The van der Waals surface area contributed by atoms with Crippen LogP contribution in [0.2, 0.25) is 0 Å². The van der Waals surface area contributed by atoms with Crippen molar-refractivity contribution in [1.82, 2.24) is 9.97 Å². The minimum Gasteiger partial charge on any atom is -0.369 e. The zero-order valence-electron chi connectivity index (χ0n) is 10.7. The number of amides is 2. The summed E-state index contributed by atoms with van der Waals surface area (Å²) in [5, 5.41) is 4.86. The molecule has 0 spiro atoms. The lowest BCUT2D eigenvalue weighted by Gasteiger charge is -2.01. The normalized spacial score (nSPS) is 10.7. The van der Waals surface area contributed by atoms with E-state index in [4.69, 9.17) is 5.73 Å². The van der Waals surface area contributed by atoms with Crippen molar-refractivity contribution >= 4 is 49.8 Å². The fourth-order valence-corrected chi connectivity index (χ4v) is 3.21. The number of nitrogens with zero attached hydrogens (tertiary/aromatic N) is 2. The highest BCUT2D eigenvalue weighted by molar-refractivity contribution is 7.16. The van der Waals surface area contributed by atoms with E-state index in [9.17, 15) is 9.59 Å². The number of primary amides is 1. The van der Waals surface area contributed by atoms with Crippen LogP contribution in [0, 0.1) is 0 Å². The number of nitrogens with one attached hydrogen (secondary N) is 1. The van der Waals surface area contributed by atoms with Gasteiger partial charge < -0.3 is 5.73 Å². The van der Waals surface area contributed by atoms with E-state index in [1.165, 1.54) is 22.7 Å². The number of hydrogen-bond acceptors (Lipinski definition) is 6. The van der Waals surface area contributed by atoms with Gasteiger partial charge in [-0.25, -0.2) is 9.97 Å². The molecule has 2 aromatic heterocycles. The van der Waals surface area contributed by atoms with Gasteiger partial charge in [0.2, 0.25) is 5.91 Å². The van der Waals surface area contributed by atoms with Crippen LogP contribution < -0.4 is 11.1 Å². The predicted octanol–water partition coefficient (Wildman–Crippen LogP) is 2.03. The maximum atomic E-state index is 12.2. The van der Waals surface area contributed by atoms with Crippen LogP contribution in [-0.4, -0.2) is 21.8 Å². The van der Waals surface area contributed by atoms with Gasteiger partial charge in [-0.3, -0.25) is 14.9 Å². The number of fused-ring (bicyclic) bond motifs is 1. The highest BCUT2D eigenvalue weighted by Gasteiger charge is 2.11. The van der Waals surface area contributed by atoms with Crippen molar-refractivity contribution < 1.29 is 9.59 Å². The first-order valence-electron chi connectivity index (χ1n) is 5.99. The summed E-state index contributed by atoms with van der Waals surface area (Å²) in [6.07, 6.45) is 0.0686. The summed E-state index contributed by atoms with van der Waals surface area (Å²) in [5.41, 5.74) is 8.81. The molecule has 0 aliphatic heterocycles. The Morgan fingerprint density at radius 3 is 2.95 bits per heavy atom. The fourth-order valence-electron chi connectivity index (χ4n) is 1.79. The second-order valence-electron chi connectivity index (χ2n) is 4.28. The molecule has 1 aromatic carbocycles. The number of rotatable bonds is 4. The maximum Gasteiger partial charge on any atom is 0.257 e. The third kappa shape index (κ3) is 3.06. The van der Waals surface area contributed by atoms with Crippen LogP contribution in [0.25, 0.3) is 10.2 Å². The van der Waals surface area contributed by atoms with Crippen LogP contribution >= 0.6 is 22.7 Å². The van der Waals surface area contributed by atoms with E-state index >= 15 is 0 Å². The third-order valence-electron chi connectivity index (χ3n) is 2.72. The van der Waals surface area contributed by atoms with Gasteiger partial charge in [0.1, 0.15) is 0 Å². The van der Waals surface area contributed by atoms with Crippen molar-refractivity contribution in [2.75, 3.05) is 5.32 Å². The number of thiazole rings is 2. The van der Waals surface area contributed by atoms with Gasteiger partial charge in [0.05, 0.1) is 27.8 Å². The van der Waals surface area contributed by atoms with Gasteiger partial charge in [-0.15, -0.1) is 22.7 Å². The summed E-state index contributed by atoms with van der Waals surface area (Å²) in [6.45, 7) is 0. The number of hydrogen-bond donors (Lipinski definition) is 2. The molecule has 3 N–H and O–H groups in total. The van der Waals surface area contributed by atoms with E-state index in [-0.39, 0.29) is 12.3 Å². The van der Waals surface area contributed by atoms with Crippen molar-refractivity contribution in [2.45, 2.75) is 6.42 Å². The van der Waals surface area contributed by atoms with E-state index in [1.807, 2.05) is 0 Å². The Morgan fingerprint density at radius 1 is 1.29 bits per heavy atom. The monoisotopic (exact) mass is 318 g/mol. The molecule has 0 aliphatic rings. The van der Waals surface area contributed by atoms with Gasteiger partial charge in [-0.05, 0) is 18.2 Å². The van der Waals surface area contributed by atoms with Gasteiger partial charge in [0.15, 0.2) is 5.13 Å². The molecule has 0 saturated heterocycles. The molecule has 8 heteroatoms. The quantitative estimate of drug-likeness (QED) is 0.769. The van der Waals surface area contributed by atoms with E-state index in [0.29, 0.717) is 16.4 Å². The summed E-state index contributed by atoms with van der Waals surface area (Å²) in [4.78, 5) is 31.3. The Bertz CT molecular complexity index is 824. The third-order valence-corrected chi connectivity index (χ3v) is 4.32. The van der Waals surface area contributed by atoms with Crippen molar-refractivity contribution in [3.8, 4) is 0 Å². The summed E-state index contributed by atoms with van der Waals surface area (Å²) >= 11 is 2.74. The van der Waals surface area contributed by atoms with Crippen molar-refractivity contribution in [3.63, 3.8) is 0 Å². The Balaban J connectivity index is 1.76. The summed E-state index contributed by atoms with van der Waals surface area (Å²) in [6, 6.07) is 5.32. The van der Waals surface area contributed by atoms with Gasteiger partial charge in [-0.1, -0.05) is 0 Å². The molecule has 0 atom stereocenters. The molecule has 106 valence electrons. The van der Waals surface area contributed by atoms with E-state index in [0.717, 1.165) is 10.2 Å². The van der Waals surface area contributed by atoms with Crippen LogP contribution in [0.1, 0.15) is 16.1 Å². The standard InChI is InChI=1S/C13H10N4O2S2/c14-11(18)4-8-5-20-13(16-8)17-12(19)7-1-2-9-10(3-7)21-6-15-9/h1-3,5-6H,4H2,(H2,14,18)(H,16,17,19). The van der Waals surface area contributed by atoms with Gasteiger partial charge >= 0.3 is 0 Å². The molecule has 0 bridgehead atoms.